The van der Waals surface area contributed by atoms with Gasteiger partial charge < -0.3 is 5.11 Å². The Balaban J connectivity index is 1.71. The van der Waals surface area contributed by atoms with Gasteiger partial charge in [0.05, 0.1) is 6.10 Å². The van der Waals surface area contributed by atoms with Gasteiger partial charge in [-0.05, 0) is 30.6 Å². The van der Waals surface area contributed by atoms with Gasteiger partial charge in [0.25, 0.3) is 0 Å². The van der Waals surface area contributed by atoms with E-state index < -0.39 is 0 Å². The molecule has 2 aliphatic rings. The van der Waals surface area contributed by atoms with Gasteiger partial charge in [0.1, 0.15) is 0 Å². The fourth-order valence-corrected chi connectivity index (χ4v) is 2.65. The molecule has 0 bridgehead atoms. The van der Waals surface area contributed by atoms with Crippen LogP contribution in [0, 0.1) is 17.8 Å². The van der Waals surface area contributed by atoms with Crippen molar-refractivity contribution in [2.24, 2.45) is 17.8 Å². The molecule has 3 unspecified atom stereocenters. The molecule has 2 rings (SSSR count). The molecule has 0 amide bonds. The van der Waals surface area contributed by atoms with Crippen molar-refractivity contribution >= 4 is 0 Å². The highest BCUT2D eigenvalue weighted by molar-refractivity contribution is 4.89. The van der Waals surface area contributed by atoms with Crippen LogP contribution in [0.3, 0.4) is 0 Å². The van der Waals surface area contributed by atoms with E-state index in [0.717, 1.165) is 18.3 Å². The first-order valence-electron chi connectivity index (χ1n) is 5.45. The molecule has 1 heteroatoms. The summed E-state index contributed by atoms with van der Waals surface area (Å²) in [5, 5.41) is 9.82. The Labute approximate surface area is 75.2 Å². The number of hydrogen-bond acceptors (Lipinski definition) is 1. The Morgan fingerprint density at radius 1 is 1.33 bits per heavy atom. The van der Waals surface area contributed by atoms with Crippen LogP contribution in [-0.2, 0) is 0 Å². The summed E-state index contributed by atoms with van der Waals surface area (Å²) in [6.07, 6.45) is 7.94. The Morgan fingerprint density at radius 3 is 2.42 bits per heavy atom. The van der Waals surface area contributed by atoms with E-state index >= 15 is 0 Å². The van der Waals surface area contributed by atoms with Gasteiger partial charge in [-0.15, -0.1) is 0 Å². The fourth-order valence-electron chi connectivity index (χ4n) is 2.65. The average molecular weight is 168 g/mol. The number of hydrogen-bond donors (Lipinski definition) is 1. The third-order valence-corrected chi connectivity index (χ3v) is 3.72. The van der Waals surface area contributed by atoms with Crippen molar-refractivity contribution in [3.8, 4) is 0 Å². The lowest BCUT2D eigenvalue weighted by molar-refractivity contribution is 0.116. The van der Waals surface area contributed by atoms with Crippen molar-refractivity contribution in [2.75, 3.05) is 0 Å². The predicted octanol–water partition coefficient (Wildman–Crippen LogP) is 2.58. The van der Waals surface area contributed by atoms with Crippen LogP contribution in [0.15, 0.2) is 0 Å². The van der Waals surface area contributed by atoms with Crippen LogP contribution >= 0.6 is 0 Å². The second-order valence-electron chi connectivity index (χ2n) is 4.83. The van der Waals surface area contributed by atoms with Crippen LogP contribution in [0.5, 0.6) is 0 Å². The first kappa shape index (κ1) is 8.55. The van der Waals surface area contributed by atoms with Crippen molar-refractivity contribution < 1.29 is 5.11 Å². The third kappa shape index (κ3) is 1.82. The summed E-state index contributed by atoms with van der Waals surface area (Å²) in [5.74, 6) is 2.32. The van der Waals surface area contributed by atoms with Gasteiger partial charge in [-0.1, -0.05) is 32.6 Å². The van der Waals surface area contributed by atoms with Crippen molar-refractivity contribution in [3.05, 3.63) is 0 Å². The van der Waals surface area contributed by atoms with Gasteiger partial charge in [0.15, 0.2) is 0 Å². The van der Waals surface area contributed by atoms with Crippen molar-refractivity contribution in [2.45, 2.75) is 51.6 Å². The highest BCUT2D eigenvalue weighted by Gasteiger charge is 2.39. The fraction of sp³-hybridized carbons (Fsp3) is 1.00. The summed E-state index contributed by atoms with van der Waals surface area (Å²) < 4.78 is 0. The molecule has 2 aliphatic carbocycles. The molecule has 0 radical (unpaired) electrons. The van der Waals surface area contributed by atoms with Gasteiger partial charge in [-0.3, -0.25) is 0 Å². The largest absolute Gasteiger partial charge is 0.393 e. The van der Waals surface area contributed by atoms with E-state index in [1.807, 2.05) is 0 Å². The zero-order valence-corrected chi connectivity index (χ0v) is 8.00. The summed E-state index contributed by atoms with van der Waals surface area (Å²) >= 11 is 0. The first-order valence-corrected chi connectivity index (χ1v) is 5.45. The van der Waals surface area contributed by atoms with Crippen LogP contribution in [0.4, 0.5) is 0 Å². The normalized spacial score (nSPS) is 38.5. The van der Waals surface area contributed by atoms with Gasteiger partial charge >= 0.3 is 0 Å². The van der Waals surface area contributed by atoms with E-state index in [9.17, 15) is 5.11 Å². The topological polar surface area (TPSA) is 20.2 Å². The molecule has 0 aliphatic heterocycles. The Morgan fingerprint density at radius 2 is 1.92 bits per heavy atom. The number of rotatable bonds is 3. The molecule has 2 fully saturated rings. The highest BCUT2D eigenvalue weighted by atomic mass is 16.3. The molecule has 0 spiro atoms. The molecular formula is C11H20O. The third-order valence-electron chi connectivity index (χ3n) is 3.72. The van der Waals surface area contributed by atoms with E-state index in [0.29, 0.717) is 5.92 Å². The second kappa shape index (κ2) is 3.37. The molecule has 2 saturated carbocycles. The first-order chi connectivity index (χ1) is 5.77. The highest BCUT2D eigenvalue weighted by Crippen LogP contribution is 2.43. The minimum absolute atomic E-state index is 0.0306. The molecule has 12 heavy (non-hydrogen) atoms. The summed E-state index contributed by atoms with van der Waals surface area (Å²) in [6, 6.07) is 0. The lowest BCUT2D eigenvalue weighted by atomic mass is 9.97. The Bertz CT molecular complexity index is 149. The summed E-state index contributed by atoms with van der Waals surface area (Å²) in [7, 11) is 0. The van der Waals surface area contributed by atoms with E-state index in [2.05, 4.69) is 6.92 Å². The minimum atomic E-state index is 0.0306. The smallest absolute Gasteiger partial charge is 0.0573 e. The van der Waals surface area contributed by atoms with Gasteiger partial charge in [-0.25, -0.2) is 0 Å². The molecule has 0 aromatic heterocycles. The monoisotopic (exact) mass is 168 g/mol. The Kier molecular flexibility index (Phi) is 2.40. The molecule has 0 saturated heterocycles. The molecule has 0 aromatic rings. The summed E-state index contributed by atoms with van der Waals surface area (Å²) in [4.78, 5) is 0. The van der Waals surface area contributed by atoms with Crippen LogP contribution in [0.2, 0.25) is 0 Å². The van der Waals surface area contributed by atoms with Gasteiger partial charge in [0.2, 0.25) is 0 Å². The SMILES string of the molecule is CC1CC1C(O)CC1CCCC1. The van der Waals surface area contributed by atoms with Gasteiger partial charge in [0, 0.05) is 0 Å². The quantitative estimate of drug-likeness (QED) is 0.686. The zero-order valence-electron chi connectivity index (χ0n) is 8.00. The molecule has 70 valence electrons. The number of aliphatic hydroxyl groups is 1. The Hall–Kier alpha value is -0.0400. The lowest BCUT2D eigenvalue weighted by Gasteiger charge is -2.14. The lowest BCUT2D eigenvalue weighted by Crippen LogP contribution is -2.14. The molecular weight excluding hydrogens is 148 g/mol. The van der Waals surface area contributed by atoms with E-state index in [1.54, 1.807) is 0 Å². The maximum Gasteiger partial charge on any atom is 0.0573 e. The van der Waals surface area contributed by atoms with E-state index in [1.165, 1.54) is 32.1 Å². The van der Waals surface area contributed by atoms with E-state index in [4.69, 9.17) is 0 Å². The maximum atomic E-state index is 9.82. The maximum absolute atomic E-state index is 9.82. The van der Waals surface area contributed by atoms with Gasteiger partial charge in [-0.2, -0.15) is 0 Å². The van der Waals surface area contributed by atoms with Crippen LogP contribution in [-0.4, -0.2) is 11.2 Å². The molecule has 0 heterocycles. The zero-order chi connectivity index (χ0) is 8.55. The molecule has 3 atom stereocenters. The molecule has 0 aromatic carbocycles. The summed E-state index contributed by atoms with van der Waals surface area (Å²) in [5.41, 5.74) is 0. The minimum Gasteiger partial charge on any atom is -0.393 e. The molecule has 1 nitrogen and oxygen atoms in total. The average Bonchev–Trinajstić information content (AvgIpc) is 2.58. The standard InChI is InChI=1S/C11H20O/c1-8-6-10(8)11(12)7-9-4-2-3-5-9/h8-12H,2-7H2,1H3. The number of aliphatic hydroxyl groups excluding tert-OH is 1. The van der Waals surface area contributed by atoms with Crippen LogP contribution in [0.1, 0.15) is 45.4 Å². The van der Waals surface area contributed by atoms with Crippen molar-refractivity contribution in [1.29, 1.82) is 0 Å². The van der Waals surface area contributed by atoms with Crippen LogP contribution < -0.4 is 0 Å². The molecule has 1 N–H and O–H groups in total. The summed E-state index contributed by atoms with van der Waals surface area (Å²) in [6.45, 7) is 2.25. The van der Waals surface area contributed by atoms with E-state index in [-0.39, 0.29) is 6.10 Å². The van der Waals surface area contributed by atoms with Crippen molar-refractivity contribution in [3.63, 3.8) is 0 Å². The van der Waals surface area contributed by atoms with Crippen LogP contribution in [0.25, 0.3) is 0 Å². The second-order valence-corrected chi connectivity index (χ2v) is 4.83. The predicted molar refractivity (Wildman–Crippen MR) is 49.9 cm³/mol. The van der Waals surface area contributed by atoms with Crippen molar-refractivity contribution in [1.82, 2.24) is 0 Å².